The van der Waals surface area contributed by atoms with Crippen LogP contribution in [0.5, 0.6) is 0 Å². The number of likely N-dealkylation sites (tertiary alicyclic amines) is 1. The Morgan fingerprint density at radius 2 is 1.41 bits per heavy atom. The van der Waals surface area contributed by atoms with E-state index in [1.165, 1.54) is 17.7 Å². The SMILES string of the molecule is Fc1ccc(N2c3ccc(F)cc3C3CN(CCCN4CCN(Cc5ccccc5)CC4)CCC32)cc1. The maximum Gasteiger partial charge on any atom is 0.123 e. The Morgan fingerprint density at radius 3 is 2.19 bits per heavy atom. The fourth-order valence-electron chi connectivity index (χ4n) is 6.51. The molecule has 2 unspecified atom stereocenters. The van der Waals surface area contributed by atoms with Crippen LogP contribution >= 0.6 is 0 Å². The molecule has 194 valence electrons. The van der Waals surface area contributed by atoms with Crippen molar-refractivity contribution in [2.75, 3.05) is 57.3 Å². The van der Waals surface area contributed by atoms with E-state index in [0.717, 1.165) is 88.7 Å². The Balaban J connectivity index is 1.03. The summed E-state index contributed by atoms with van der Waals surface area (Å²) >= 11 is 0. The van der Waals surface area contributed by atoms with E-state index < -0.39 is 0 Å². The van der Waals surface area contributed by atoms with Crippen LogP contribution in [-0.4, -0.2) is 73.1 Å². The number of piperidine rings is 1. The van der Waals surface area contributed by atoms with Gasteiger partial charge in [0.1, 0.15) is 11.6 Å². The molecule has 3 heterocycles. The lowest BCUT2D eigenvalue weighted by atomic mass is 9.89. The maximum atomic E-state index is 14.3. The maximum absolute atomic E-state index is 14.3. The number of anilines is 2. The zero-order valence-electron chi connectivity index (χ0n) is 21.4. The van der Waals surface area contributed by atoms with Crippen molar-refractivity contribution in [1.29, 1.82) is 0 Å². The standard InChI is InChI=1S/C31H36F2N4/c32-25-7-10-27(11-8-25)37-30-12-9-26(33)21-28(30)29-23-35(16-13-31(29)37)15-4-14-34-17-19-36(20-18-34)22-24-5-2-1-3-6-24/h1-3,5-12,21,29,31H,4,13-20,22-23H2. The van der Waals surface area contributed by atoms with Gasteiger partial charge >= 0.3 is 0 Å². The fraction of sp³-hybridized carbons (Fsp3) is 0.419. The van der Waals surface area contributed by atoms with Crippen molar-refractivity contribution in [3.05, 3.63) is 95.6 Å². The number of fused-ring (bicyclic) bond motifs is 3. The number of nitrogens with zero attached hydrogens (tertiary/aromatic N) is 4. The van der Waals surface area contributed by atoms with E-state index in [1.807, 2.05) is 18.2 Å². The van der Waals surface area contributed by atoms with E-state index in [-0.39, 0.29) is 23.6 Å². The van der Waals surface area contributed by atoms with Crippen molar-refractivity contribution in [3.63, 3.8) is 0 Å². The van der Waals surface area contributed by atoms with Gasteiger partial charge in [-0.1, -0.05) is 30.3 Å². The van der Waals surface area contributed by atoms with Crippen molar-refractivity contribution < 1.29 is 8.78 Å². The van der Waals surface area contributed by atoms with Crippen LogP contribution in [0.15, 0.2) is 72.8 Å². The van der Waals surface area contributed by atoms with E-state index in [2.05, 4.69) is 49.9 Å². The Kier molecular flexibility index (Phi) is 7.23. The minimum atomic E-state index is -0.230. The number of hydrogen-bond donors (Lipinski definition) is 0. The average Bonchev–Trinajstić information content (AvgIpc) is 3.24. The van der Waals surface area contributed by atoms with Gasteiger partial charge in [-0.15, -0.1) is 0 Å². The molecular weight excluding hydrogens is 466 g/mol. The van der Waals surface area contributed by atoms with Crippen molar-refractivity contribution >= 4 is 11.4 Å². The molecule has 2 fully saturated rings. The fourth-order valence-corrected chi connectivity index (χ4v) is 6.51. The lowest BCUT2D eigenvalue weighted by molar-refractivity contribution is 0.118. The molecular formula is C31H36F2N4. The predicted octanol–water partition coefficient (Wildman–Crippen LogP) is 5.48. The molecule has 0 spiro atoms. The zero-order valence-corrected chi connectivity index (χ0v) is 21.4. The summed E-state index contributed by atoms with van der Waals surface area (Å²) in [6.07, 6.45) is 2.18. The predicted molar refractivity (Wildman–Crippen MR) is 145 cm³/mol. The van der Waals surface area contributed by atoms with Gasteiger partial charge in [-0.2, -0.15) is 0 Å². The Bertz CT molecular complexity index is 1180. The molecule has 0 bridgehead atoms. The van der Waals surface area contributed by atoms with Gasteiger partial charge in [0.25, 0.3) is 0 Å². The Labute approximate surface area is 219 Å². The number of halogens is 2. The first-order valence-corrected chi connectivity index (χ1v) is 13.7. The molecule has 6 heteroatoms. The van der Waals surface area contributed by atoms with Gasteiger partial charge in [-0.3, -0.25) is 4.90 Å². The third-order valence-corrected chi connectivity index (χ3v) is 8.41. The minimum absolute atomic E-state index is 0.179. The number of hydrogen-bond acceptors (Lipinski definition) is 4. The van der Waals surface area contributed by atoms with Gasteiger partial charge in [0.15, 0.2) is 0 Å². The quantitative estimate of drug-likeness (QED) is 0.424. The topological polar surface area (TPSA) is 13.0 Å². The van der Waals surface area contributed by atoms with E-state index in [9.17, 15) is 8.78 Å². The van der Waals surface area contributed by atoms with Crippen LogP contribution in [0.1, 0.15) is 29.9 Å². The highest BCUT2D eigenvalue weighted by atomic mass is 19.1. The molecule has 0 radical (unpaired) electrons. The summed E-state index contributed by atoms with van der Waals surface area (Å²) < 4.78 is 27.9. The lowest BCUT2D eigenvalue weighted by Crippen LogP contribution is -2.47. The lowest BCUT2D eigenvalue weighted by Gasteiger charge is -2.39. The number of piperazine rings is 1. The molecule has 3 aromatic carbocycles. The molecule has 2 saturated heterocycles. The summed E-state index contributed by atoms with van der Waals surface area (Å²) in [5, 5.41) is 0. The first kappa shape index (κ1) is 24.5. The summed E-state index contributed by atoms with van der Waals surface area (Å²) in [4.78, 5) is 10.0. The van der Waals surface area contributed by atoms with Crippen LogP contribution in [-0.2, 0) is 6.54 Å². The van der Waals surface area contributed by atoms with Gasteiger partial charge in [0.05, 0.1) is 0 Å². The molecule has 3 aliphatic heterocycles. The number of rotatable bonds is 7. The molecule has 3 aromatic rings. The van der Waals surface area contributed by atoms with Crippen molar-refractivity contribution in [1.82, 2.24) is 14.7 Å². The molecule has 0 aliphatic carbocycles. The van der Waals surface area contributed by atoms with Crippen LogP contribution in [0.25, 0.3) is 0 Å². The van der Waals surface area contributed by atoms with Crippen LogP contribution in [0.3, 0.4) is 0 Å². The van der Waals surface area contributed by atoms with Crippen LogP contribution in [0, 0.1) is 11.6 Å². The highest BCUT2D eigenvalue weighted by Gasteiger charge is 2.42. The summed E-state index contributed by atoms with van der Waals surface area (Å²) in [6.45, 7) is 9.78. The second kappa shape index (κ2) is 10.9. The normalized spacial score (nSPS) is 22.7. The summed E-state index contributed by atoms with van der Waals surface area (Å²) in [6, 6.07) is 22.9. The highest BCUT2D eigenvalue weighted by molar-refractivity contribution is 5.73. The molecule has 6 rings (SSSR count). The zero-order chi connectivity index (χ0) is 25.2. The van der Waals surface area contributed by atoms with Gasteiger partial charge < -0.3 is 14.7 Å². The van der Waals surface area contributed by atoms with E-state index in [1.54, 1.807) is 12.1 Å². The largest absolute Gasteiger partial charge is 0.337 e. The van der Waals surface area contributed by atoms with Crippen LogP contribution in [0.4, 0.5) is 20.2 Å². The van der Waals surface area contributed by atoms with Crippen LogP contribution in [0.2, 0.25) is 0 Å². The van der Waals surface area contributed by atoms with Crippen LogP contribution < -0.4 is 4.90 Å². The summed E-state index contributed by atoms with van der Waals surface area (Å²) in [5.41, 5.74) is 4.54. The smallest absolute Gasteiger partial charge is 0.123 e. The molecule has 37 heavy (non-hydrogen) atoms. The van der Waals surface area contributed by atoms with Gasteiger partial charge in [0, 0.05) is 69.1 Å². The Morgan fingerprint density at radius 1 is 0.703 bits per heavy atom. The third kappa shape index (κ3) is 5.42. The molecule has 3 aliphatic rings. The molecule has 0 N–H and O–H groups in total. The Hall–Kier alpha value is -2.80. The second-order valence-corrected chi connectivity index (χ2v) is 10.8. The first-order valence-electron chi connectivity index (χ1n) is 13.7. The van der Waals surface area contributed by atoms with E-state index in [4.69, 9.17) is 0 Å². The second-order valence-electron chi connectivity index (χ2n) is 10.8. The van der Waals surface area contributed by atoms with Gasteiger partial charge in [-0.25, -0.2) is 8.78 Å². The third-order valence-electron chi connectivity index (χ3n) is 8.41. The first-order chi connectivity index (χ1) is 18.1. The van der Waals surface area contributed by atoms with Crippen molar-refractivity contribution in [2.45, 2.75) is 31.3 Å². The molecule has 0 saturated carbocycles. The highest BCUT2D eigenvalue weighted by Crippen LogP contribution is 2.48. The van der Waals surface area contributed by atoms with E-state index >= 15 is 0 Å². The monoisotopic (exact) mass is 502 g/mol. The molecule has 2 atom stereocenters. The molecule has 0 amide bonds. The van der Waals surface area contributed by atoms with Crippen molar-refractivity contribution in [3.8, 4) is 0 Å². The van der Waals surface area contributed by atoms with Gasteiger partial charge in [-0.05, 0) is 79.5 Å². The molecule has 0 aromatic heterocycles. The summed E-state index contributed by atoms with van der Waals surface area (Å²) in [7, 11) is 0. The van der Waals surface area contributed by atoms with Gasteiger partial charge in [0.2, 0.25) is 0 Å². The molecule has 4 nitrogen and oxygen atoms in total. The van der Waals surface area contributed by atoms with E-state index in [0.29, 0.717) is 0 Å². The number of benzene rings is 3. The minimum Gasteiger partial charge on any atom is -0.337 e. The average molecular weight is 503 g/mol. The summed E-state index contributed by atoms with van der Waals surface area (Å²) in [5.74, 6) is -0.140. The van der Waals surface area contributed by atoms with Crippen molar-refractivity contribution in [2.24, 2.45) is 0 Å².